The van der Waals surface area contributed by atoms with Crippen LogP contribution in [0.25, 0.3) is 0 Å². The second kappa shape index (κ2) is 2.88. The van der Waals surface area contributed by atoms with Crippen LogP contribution in [0.3, 0.4) is 0 Å². The minimum absolute atomic E-state index is 0.135. The molecule has 3 rings (SSSR count). The first kappa shape index (κ1) is 9.81. The molecule has 0 aliphatic heterocycles. The van der Waals surface area contributed by atoms with Gasteiger partial charge in [-0.05, 0) is 38.0 Å². The first-order chi connectivity index (χ1) is 6.08. The lowest BCUT2D eigenvalue weighted by atomic mass is 9.35. The zero-order valence-electron chi connectivity index (χ0n) is 8.24. The SMILES string of the molecule is C=C(PC)C12CC(C(=O)PC)(C1)C2. The standard InChI is InChI=1S/C10H16OP2/c1-7(12-2)9-4-10(5-9,6-9)8(11)13-3/h12-13H,1,4-6H2,2-3H3. The Morgan fingerprint density at radius 2 is 1.69 bits per heavy atom. The van der Waals surface area contributed by atoms with Gasteiger partial charge in [-0.15, -0.1) is 0 Å². The van der Waals surface area contributed by atoms with E-state index >= 15 is 0 Å². The molecular weight excluding hydrogens is 198 g/mol. The van der Waals surface area contributed by atoms with Crippen molar-refractivity contribution in [3.8, 4) is 0 Å². The molecule has 0 saturated heterocycles. The minimum atomic E-state index is 0.135. The maximum Gasteiger partial charge on any atom is 0.157 e. The summed E-state index contributed by atoms with van der Waals surface area (Å²) in [5, 5.41) is 1.40. The molecule has 1 nitrogen and oxygen atoms in total. The summed E-state index contributed by atoms with van der Waals surface area (Å²) in [6, 6.07) is 0. The van der Waals surface area contributed by atoms with E-state index in [2.05, 4.69) is 13.2 Å². The molecule has 2 unspecified atom stereocenters. The molecule has 72 valence electrons. The van der Waals surface area contributed by atoms with Gasteiger partial charge in [-0.2, -0.15) is 0 Å². The van der Waals surface area contributed by atoms with Crippen LogP contribution in [0.5, 0.6) is 0 Å². The highest BCUT2D eigenvalue weighted by molar-refractivity contribution is 7.57. The molecule has 3 heteroatoms. The van der Waals surface area contributed by atoms with Crippen LogP contribution in [0.15, 0.2) is 11.9 Å². The zero-order valence-corrected chi connectivity index (χ0v) is 10.2. The van der Waals surface area contributed by atoms with Crippen LogP contribution in [-0.4, -0.2) is 18.9 Å². The number of carbonyl (C=O) groups is 1. The molecule has 2 atom stereocenters. The normalized spacial score (nSPS) is 42.3. The lowest BCUT2D eigenvalue weighted by molar-refractivity contribution is -0.177. The van der Waals surface area contributed by atoms with Crippen LogP contribution in [0, 0.1) is 10.8 Å². The van der Waals surface area contributed by atoms with Crippen molar-refractivity contribution in [1.29, 1.82) is 0 Å². The fourth-order valence-corrected chi connectivity index (χ4v) is 4.47. The van der Waals surface area contributed by atoms with Crippen LogP contribution >= 0.6 is 17.2 Å². The molecule has 3 aliphatic carbocycles. The summed E-state index contributed by atoms with van der Waals surface area (Å²) >= 11 is 0. The average molecular weight is 214 g/mol. The number of allylic oxidation sites excluding steroid dienone is 1. The molecule has 0 aromatic rings. The van der Waals surface area contributed by atoms with Crippen molar-refractivity contribution in [3.05, 3.63) is 11.9 Å². The minimum Gasteiger partial charge on any atom is -0.294 e. The van der Waals surface area contributed by atoms with Gasteiger partial charge in [0.05, 0.1) is 0 Å². The largest absolute Gasteiger partial charge is 0.294 e. The Hall–Kier alpha value is 0.270. The number of carbonyl (C=O) groups excluding carboxylic acids is 1. The molecule has 0 N–H and O–H groups in total. The smallest absolute Gasteiger partial charge is 0.157 e. The van der Waals surface area contributed by atoms with Gasteiger partial charge in [0.25, 0.3) is 0 Å². The first-order valence-corrected chi connectivity index (χ1v) is 7.68. The van der Waals surface area contributed by atoms with Crippen molar-refractivity contribution in [2.45, 2.75) is 19.3 Å². The maximum absolute atomic E-state index is 11.6. The van der Waals surface area contributed by atoms with E-state index in [9.17, 15) is 4.79 Å². The lowest BCUT2D eigenvalue weighted by Gasteiger charge is -2.70. The van der Waals surface area contributed by atoms with Gasteiger partial charge < -0.3 is 0 Å². The summed E-state index contributed by atoms with van der Waals surface area (Å²) in [6.07, 6.45) is 3.37. The predicted molar refractivity (Wildman–Crippen MR) is 61.3 cm³/mol. The van der Waals surface area contributed by atoms with E-state index in [1.165, 1.54) is 5.31 Å². The molecule has 13 heavy (non-hydrogen) atoms. The third kappa shape index (κ3) is 1.10. The van der Waals surface area contributed by atoms with Crippen LogP contribution in [-0.2, 0) is 4.79 Å². The third-order valence-corrected chi connectivity index (χ3v) is 5.80. The van der Waals surface area contributed by atoms with Crippen molar-refractivity contribution >= 4 is 22.7 Å². The Labute approximate surface area is 83.3 Å². The highest BCUT2D eigenvalue weighted by Crippen LogP contribution is 2.78. The molecule has 0 aromatic carbocycles. The van der Waals surface area contributed by atoms with Gasteiger partial charge in [0.2, 0.25) is 0 Å². The molecule has 0 amide bonds. The second-order valence-electron chi connectivity index (χ2n) is 4.40. The topological polar surface area (TPSA) is 17.1 Å². The van der Waals surface area contributed by atoms with Gasteiger partial charge in [0, 0.05) is 5.41 Å². The summed E-state index contributed by atoms with van der Waals surface area (Å²) in [7, 11) is 1.35. The Kier molecular flexibility index (Phi) is 2.17. The summed E-state index contributed by atoms with van der Waals surface area (Å²) in [4.78, 5) is 11.6. The molecule has 3 fully saturated rings. The van der Waals surface area contributed by atoms with E-state index in [1.54, 1.807) is 0 Å². The number of hydrogen-bond acceptors (Lipinski definition) is 1. The van der Waals surface area contributed by atoms with E-state index in [4.69, 9.17) is 0 Å². The molecular formula is C10H16OP2. The van der Waals surface area contributed by atoms with Gasteiger partial charge >= 0.3 is 0 Å². The van der Waals surface area contributed by atoms with E-state index < -0.39 is 0 Å². The maximum atomic E-state index is 11.6. The number of hydrogen-bond donors (Lipinski definition) is 0. The predicted octanol–water partition coefficient (Wildman–Crippen LogP) is 2.81. The second-order valence-corrected chi connectivity index (χ2v) is 6.46. The van der Waals surface area contributed by atoms with E-state index in [1.807, 2.05) is 6.66 Å². The molecule has 3 aliphatic rings. The van der Waals surface area contributed by atoms with Crippen molar-refractivity contribution in [1.82, 2.24) is 0 Å². The molecule has 3 saturated carbocycles. The van der Waals surface area contributed by atoms with Crippen molar-refractivity contribution < 1.29 is 4.79 Å². The quantitative estimate of drug-likeness (QED) is 0.657. The average Bonchev–Trinajstić information content (AvgIpc) is 1.98. The summed E-state index contributed by atoms with van der Waals surface area (Å²) in [5.41, 5.74) is 1.07. The molecule has 0 heterocycles. The lowest BCUT2D eigenvalue weighted by Crippen LogP contribution is -2.64. The summed E-state index contributed by atoms with van der Waals surface area (Å²) < 4.78 is 0. The van der Waals surface area contributed by atoms with Crippen molar-refractivity contribution in [3.63, 3.8) is 0 Å². The van der Waals surface area contributed by atoms with Crippen LogP contribution in [0.4, 0.5) is 0 Å². The molecule has 0 spiro atoms. The highest BCUT2D eigenvalue weighted by atomic mass is 31.1. The fraction of sp³-hybridized carbons (Fsp3) is 0.700. The summed E-state index contributed by atoms with van der Waals surface area (Å²) in [6.45, 7) is 8.32. The first-order valence-electron chi connectivity index (χ1n) is 4.68. The Morgan fingerprint density at radius 3 is 2.08 bits per heavy atom. The Morgan fingerprint density at radius 1 is 1.15 bits per heavy atom. The van der Waals surface area contributed by atoms with Crippen molar-refractivity contribution in [2.24, 2.45) is 10.8 Å². The van der Waals surface area contributed by atoms with Gasteiger partial charge in [-0.3, -0.25) is 4.79 Å². The van der Waals surface area contributed by atoms with Crippen LogP contribution < -0.4 is 0 Å². The van der Waals surface area contributed by atoms with E-state index in [0.717, 1.165) is 27.8 Å². The molecule has 0 aromatic heterocycles. The van der Waals surface area contributed by atoms with Crippen LogP contribution in [0.2, 0.25) is 0 Å². The Balaban J connectivity index is 2.00. The zero-order chi connectivity index (χ0) is 9.69. The van der Waals surface area contributed by atoms with Gasteiger partial charge in [-0.1, -0.05) is 29.1 Å². The highest BCUT2D eigenvalue weighted by Gasteiger charge is 2.71. The van der Waals surface area contributed by atoms with Crippen molar-refractivity contribution in [2.75, 3.05) is 13.3 Å². The van der Waals surface area contributed by atoms with Gasteiger partial charge in [0.15, 0.2) is 5.52 Å². The molecule has 2 bridgehead atoms. The monoisotopic (exact) mass is 214 g/mol. The fourth-order valence-electron chi connectivity index (χ4n) is 2.88. The third-order valence-electron chi connectivity index (χ3n) is 3.68. The van der Waals surface area contributed by atoms with Crippen LogP contribution in [0.1, 0.15) is 19.3 Å². The Bertz CT molecular complexity index is 237. The summed E-state index contributed by atoms with van der Waals surface area (Å²) in [5.74, 6) is 0. The van der Waals surface area contributed by atoms with E-state index in [0.29, 0.717) is 19.5 Å². The number of rotatable bonds is 4. The van der Waals surface area contributed by atoms with Gasteiger partial charge in [-0.25, -0.2) is 0 Å². The molecule has 0 radical (unpaired) electrons. The van der Waals surface area contributed by atoms with E-state index in [-0.39, 0.29) is 5.41 Å². The van der Waals surface area contributed by atoms with Gasteiger partial charge in [0.1, 0.15) is 0 Å².